The second kappa shape index (κ2) is 6.58. The van der Waals surface area contributed by atoms with Gasteiger partial charge in [0.2, 0.25) is 15.9 Å². The van der Waals surface area contributed by atoms with E-state index < -0.39 is 10.0 Å². The van der Waals surface area contributed by atoms with Gasteiger partial charge in [-0.3, -0.25) is 4.79 Å². The molecule has 0 radical (unpaired) electrons. The van der Waals surface area contributed by atoms with Crippen LogP contribution in [0.4, 0.5) is 0 Å². The molecule has 0 aromatic heterocycles. The van der Waals surface area contributed by atoms with Crippen LogP contribution in [0.25, 0.3) is 0 Å². The third-order valence-corrected chi connectivity index (χ3v) is 5.30. The van der Waals surface area contributed by atoms with Crippen LogP contribution in [0.5, 0.6) is 0 Å². The number of nitrogens with one attached hydrogen (secondary N) is 2. The smallest absolute Gasteiger partial charge is 0.240 e. The molecule has 2 N–H and O–H groups in total. The molecule has 1 amide bonds. The van der Waals surface area contributed by atoms with Gasteiger partial charge in [-0.1, -0.05) is 30.5 Å². The average Bonchev–Trinajstić information content (AvgIpc) is 2.40. The van der Waals surface area contributed by atoms with Crippen molar-refractivity contribution in [3.63, 3.8) is 0 Å². The fourth-order valence-corrected chi connectivity index (χ4v) is 4.00. The van der Waals surface area contributed by atoms with E-state index in [9.17, 15) is 13.2 Å². The summed E-state index contributed by atoms with van der Waals surface area (Å²) in [5.41, 5.74) is 1.02. The Labute approximate surface area is 126 Å². The van der Waals surface area contributed by atoms with Gasteiger partial charge < -0.3 is 5.32 Å². The second-order valence-corrected chi connectivity index (χ2v) is 7.35. The quantitative estimate of drug-likeness (QED) is 0.889. The predicted molar refractivity (Wildman–Crippen MR) is 81.4 cm³/mol. The zero-order valence-electron chi connectivity index (χ0n) is 12.4. The summed E-state index contributed by atoms with van der Waals surface area (Å²) in [6, 6.07) is 6.40. The van der Waals surface area contributed by atoms with E-state index in [1.807, 2.05) is 6.92 Å². The number of sulfonamides is 1. The Morgan fingerprint density at radius 1 is 1.10 bits per heavy atom. The molecule has 1 aromatic carbocycles. The van der Waals surface area contributed by atoms with Crippen LogP contribution in [0.3, 0.4) is 0 Å². The third-order valence-electron chi connectivity index (χ3n) is 3.79. The average molecular weight is 310 g/mol. The molecule has 116 valence electrons. The second-order valence-electron chi connectivity index (χ2n) is 5.63. The minimum atomic E-state index is -3.55. The molecule has 1 fully saturated rings. The molecule has 6 heteroatoms. The number of carbonyl (C=O) groups is 1. The monoisotopic (exact) mass is 310 g/mol. The Bertz CT molecular complexity index is 596. The number of aryl methyl sites for hydroxylation is 1. The maximum atomic E-state index is 12.4. The highest BCUT2D eigenvalue weighted by Gasteiger charge is 2.29. The van der Waals surface area contributed by atoms with E-state index >= 15 is 0 Å². The van der Waals surface area contributed by atoms with Crippen molar-refractivity contribution in [2.45, 2.75) is 56.5 Å². The first-order valence-corrected chi connectivity index (χ1v) is 8.73. The molecule has 1 aliphatic rings. The normalized spacial score (nSPS) is 22.8. The Morgan fingerprint density at radius 2 is 1.67 bits per heavy atom. The Hall–Kier alpha value is -1.40. The van der Waals surface area contributed by atoms with Gasteiger partial charge in [0.05, 0.1) is 4.90 Å². The van der Waals surface area contributed by atoms with E-state index in [2.05, 4.69) is 10.0 Å². The molecule has 0 saturated heterocycles. The van der Waals surface area contributed by atoms with Gasteiger partial charge in [0, 0.05) is 19.0 Å². The van der Waals surface area contributed by atoms with Crippen LogP contribution in [-0.4, -0.2) is 26.4 Å². The SMILES string of the molecule is CC(=O)N[C@@H]1CCCC[C@H]1NS(=O)(=O)c1ccc(C)cc1. The van der Waals surface area contributed by atoms with Gasteiger partial charge in [-0.2, -0.15) is 0 Å². The summed E-state index contributed by atoms with van der Waals surface area (Å²) in [4.78, 5) is 11.5. The molecule has 1 aromatic rings. The summed E-state index contributed by atoms with van der Waals surface area (Å²) in [5, 5.41) is 2.85. The number of benzene rings is 1. The molecule has 2 atom stereocenters. The van der Waals surface area contributed by atoms with Crippen LogP contribution in [0.15, 0.2) is 29.2 Å². The molecule has 0 spiro atoms. The maximum absolute atomic E-state index is 12.4. The van der Waals surface area contributed by atoms with Crippen LogP contribution >= 0.6 is 0 Å². The lowest BCUT2D eigenvalue weighted by Crippen LogP contribution is -2.52. The maximum Gasteiger partial charge on any atom is 0.240 e. The highest BCUT2D eigenvalue weighted by molar-refractivity contribution is 7.89. The van der Waals surface area contributed by atoms with E-state index in [1.54, 1.807) is 24.3 Å². The summed E-state index contributed by atoms with van der Waals surface area (Å²) >= 11 is 0. The van der Waals surface area contributed by atoms with Crippen LogP contribution in [0.1, 0.15) is 38.2 Å². The molecule has 0 heterocycles. The van der Waals surface area contributed by atoms with Gasteiger partial charge in [-0.15, -0.1) is 0 Å². The molecule has 0 bridgehead atoms. The van der Waals surface area contributed by atoms with Crippen molar-refractivity contribution in [3.05, 3.63) is 29.8 Å². The van der Waals surface area contributed by atoms with Crippen molar-refractivity contribution in [3.8, 4) is 0 Å². The van der Waals surface area contributed by atoms with E-state index in [0.29, 0.717) is 0 Å². The number of rotatable bonds is 4. The number of amides is 1. The molecule has 1 saturated carbocycles. The van der Waals surface area contributed by atoms with E-state index in [4.69, 9.17) is 0 Å². The molecular weight excluding hydrogens is 288 g/mol. The number of hydrogen-bond acceptors (Lipinski definition) is 3. The predicted octanol–water partition coefficient (Wildman–Crippen LogP) is 1.72. The van der Waals surface area contributed by atoms with Gasteiger partial charge in [0.1, 0.15) is 0 Å². The molecule has 21 heavy (non-hydrogen) atoms. The third kappa shape index (κ3) is 4.28. The standard InChI is InChI=1S/C15H22N2O3S/c1-11-7-9-13(10-8-11)21(19,20)17-15-6-4-3-5-14(15)16-12(2)18/h7-10,14-15,17H,3-6H2,1-2H3,(H,16,18)/t14-,15-/m1/s1. The fourth-order valence-electron chi connectivity index (χ4n) is 2.69. The highest BCUT2D eigenvalue weighted by atomic mass is 32.2. The lowest BCUT2D eigenvalue weighted by molar-refractivity contribution is -0.120. The molecule has 1 aliphatic carbocycles. The van der Waals surface area contributed by atoms with Gasteiger partial charge in [-0.25, -0.2) is 13.1 Å². The first-order valence-electron chi connectivity index (χ1n) is 7.24. The Kier molecular flexibility index (Phi) is 5.00. The first kappa shape index (κ1) is 16.0. The van der Waals surface area contributed by atoms with E-state index in [-0.39, 0.29) is 22.9 Å². The molecule has 0 unspecified atom stereocenters. The summed E-state index contributed by atoms with van der Waals surface area (Å²) in [6.45, 7) is 3.37. The van der Waals surface area contributed by atoms with Gasteiger partial charge >= 0.3 is 0 Å². The first-order chi connectivity index (χ1) is 9.88. The Balaban J connectivity index is 2.13. The van der Waals surface area contributed by atoms with E-state index in [1.165, 1.54) is 6.92 Å². The van der Waals surface area contributed by atoms with Gasteiger partial charge in [0.25, 0.3) is 0 Å². The molecule has 0 aliphatic heterocycles. The van der Waals surface area contributed by atoms with Crippen molar-refractivity contribution < 1.29 is 13.2 Å². The van der Waals surface area contributed by atoms with Crippen LogP contribution in [0, 0.1) is 6.92 Å². The summed E-state index contributed by atoms with van der Waals surface area (Å²) in [7, 11) is -3.55. The summed E-state index contributed by atoms with van der Waals surface area (Å²) in [6.07, 6.45) is 3.53. The van der Waals surface area contributed by atoms with Crippen molar-refractivity contribution in [2.24, 2.45) is 0 Å². The summed E-state index contributed by atoms with van der Waals surface area (Å²) in [5.74, 6) is -0.124. The lowest BCUT2D eigenvalue weighted by Gasteiger charge is -2.32. The summed E-state index contributed by atoms with van der Waals surface area (Å²) < 4.78 is 27.6. The number of carbonyl (C=O) groups excluding carboxylic acids is 1. The Morgan fingerprint density at radius 3 is 2.24 bits per heavy atom. The zero-order valence-corrected chi connectivity index (χ0v) is 13.2. The molecule has 5 nitrogen and oxygen atoms in total. The van der Waals surface area contributed by atoms with Crippen LogP contribution in [0.2, 0.25) is 0 Å². The van der Waals surface area contributed by atoms with Crippen molar-refractivity contribution >= 4 is 15.9 Å². The van der Waals surface area contributed by atoms with E-state index in [0.717, 1.165) is 31.2 Å². The zero-order chi connectivity index (χ0) is 15.5. The number of hydrogen-bond donors (Lipinski definition) is 2. The van der Waals surface area contributed by atoms with Crippen molar-refractivity contribution in [1.29, 1.82) is 0 Å². The lowest BCUT2D eigenvalue weighted by atomic mass is 9.91. The van der Waals surface area contributed by atoms with Crippen LogP contribution in [-0.2, 0) is 14.8 Å². The fraction of sp³-hybridized carbons (Fsp3) is 0.533. The van der Waals surface area contributed by atoms with Crippen molar-refractivity contribution in [2.75, 3.05) is 0 Å². The highest BCUT2D eigenvalue weighted by Crippen LogP contribution is 2.21. The minimum absolute atomic E-state index is 0.124. The minimum Gasteiger partial charge on any atom is -0.352 e. The topological polar surface area (TPSA) is 75.3 Å². The molecule has 2 rings (SSSR count). The largest absolute Gasteiger partial charge is 0.352 e. The molecular formula is C15H22N2O3S. The van der Waals surface area contributed by atoms with Crippen molar-refractivity contribution in [1.82, 2.24) is 10.0 Å². The van der Waals surface area contributed by atoms with Crippen LogP contribution < -0.4 is 10.0 Å². The van der Waals surface area contributed by atoms with Gasteiger partial charge in [-0.05, 0) is 31.9 Å². The van der Waals surface area contributed by atoms with Gasteiger partial charge in [0.15, 0.2) is 0 Å².